The van der Waals surface area contributed by atoms with Crippen molar-refractivity contribution in [1.82, 2.24) is 24.7 Å². The summed E-state index contributed by atoms with van der Waals surface area (Å²) in [5, 5.41) is 13.4. The van der Waals surface area contributed by atoms with Crippen molar-refractivity contribution >= 4 is 6.03 Å². The third-order valence-corrected chi connectivity index (χ3v) is 8.89. The van der Waals surface area contributed by atoms with Crippen molar-refractivity contribution in [3.05, 3.63) is 77.8 Å². The Morgan fingerprint density at radius 1 is 1.12 bits per heavy atom. The summed E-state index contributed by atoms with van der Waals surface area (Å²) in [6.45, 7) is 2.83. The molecule has 3 aliphatic heterocycles. The predicted octanol–water partition coefficient (Wildman–Crippen LogP) is 4.39. The molecule has 3 aromatic rings. The number of likely N-dealkylation sites (tertiary alicyclic amines) is 1. The fourth-order valence-electron chi connectivity index (χ4n) is 6.57. The zero-order valence-corrected chi connectivity index (χ0v) is 24.0. The Bertz CT molecular complexity index is 1400. The lowest BCUT2D eigenvalue weighted by Crippen LogP contribution is -2.50. The summed E-state index contributed by atoms with van der Waals surface area (Å²) in [4.78, 5) is 22.6. The van der Waals surface area contributed by atoms with Gasteiger partial charge in [-0.3, -0.25) is 0 Å². The van der Waals surface area contributed by atoms with Crippen LogP contribution < -0.4 is 5.32 Å². The van der Waals surface area contributed by atoms with Gasteiger partial charge in [-0.2, -0.15) is 0 Å². The van der Waals surface area contributed by atoms with Gasteiger partial charge in [0.25, 0.3) is 0 Å². The number of aromatic nitrogens is 2. The number of aliphatic hydroxyl groups is 1. The van der Waals surface area contributed by atoms with Gasteiger partial charge in [-0.15, -0.1) is 0 Å². The van der Waals surface area contributed by atoms with Crippen molar-refractivity contribution in [1.29, 1.82) is 0 Å². The number of halogens is 3. The van der Waals surface area contributed by atoms with Gasteiger partial charge in [0.1, 0.15) is 23.6 Å². The number of hydrogen-bond acceptors (Lipinski definition) is 5. The number of aliphatic hydroxyl groups excluding tert-OH is 1. The van der Waals surface area contributed by atoms with Crippen molar-refractivity contribution in [2.75, 3.05) is 45.9 Å². The van der Waals surface area contributed by atoms with Crippen LogP contribution in [0.25, 0.3) is 11.3 Å². The van der Waals surface area contributed by atoms with Gasteiger partial charge in [0.15, 0.2) is 0 Å². The maximum absolute atomic E-state index is 15.1. The molecule has 2 N–H and O–H groups in total. The number of urea groups is 1. The molecule has 6 rings (SSSR count). The van der Waals surface area contributed by atoms with Crippen LogP contribution in [0.3, 0.4) is 0 Å². The number of nitrogens with one attached hydrogen (secondary N) is 1. The summed E-state index contributed by atoms with van der Waals surface area (Å²) in [5.74, 6) is -1.14. The molecule has 0 saturated carbocycles. The number of carbonyl (C=O) groups is 1. The number of hydrogen-bond donors (Lipinski definition) is 2. The zero-order chi connectivity index (χ0) is 29.9. The number of β-amino-alcohol motifs (C(OH)–C–C–N with tert-alkyl or cyclic N) is 1. The van der Waals surface area contributed by atoms with Crippen molar-refractivity contribution in [2.45, 2.75) is 44.1 Å². The van der Waals surface area contributed by atoms with Crippen LogP contribution in [0.1, 0.15) is 36.7 Å². The zero-order valence-electron chi connectivity index (χ0n) is 24.0. The second-order valence-electron chi connectivity index (χ2n) is 11.9. The van der Waals surface area contributed by atoms with E-state index in [-0.39, 0.29) is 42.8 Å². The first kappa shape index (κ1) is 29.7. The minimum Gasteiger partial charge on any atom is -0.391 e. The van der Waals surface area contributed by atoms with E-state index in [0.29, 0.717) is 57.9 Å². The summed E-state index contributed by atoms with van der Waals surface area (Å²) >= 11 is 0. The van der Waals surface area contributed by atoms with E-state index in [2.05, 4.69) is 5.32 Å². The monoisotopic (exact) mass is 597 g/mol. The maximum Gasteiger partial charge on any atom is 0.320 e. The van der Waals surface area contributed by atoms with Gasteiger partial charge >= 0.3 is 6.03 Å². The van der Waals surface area contributed by atoms with Crippen molar-refractivity contribution in [3.63, 3.8) is 0 Å². The van der Waals surface area contributed by atoms with Crippen LogP contribution in [0.4, 0.5) is 18.0 Å². The van der Waals surface area contributed by atoms with Crippen LogP contribution in [-0.4, -0.2) is 88.7 Å². The normalized spacial score (nSPS) is 23.5. The molecule has 4 heterocycles. The van der Waals surface area contributed by atoms with Crippen LogP contribution in [0.5, 0.6) is 0 Å². The topological polar surface area (TPSA) is 82.9 Å². The Kier molecular flexibility index (Phi) is 9.01. The van der Waals surface area contributed by atoms with Gasteiger partial charge in [-0.25, -0.2) is 22.9 Å². The lowest BCUT2D eigenvalue weighted by molar-refractivity contribution is 0.0208. The quantitative estimate of drug-likeness (QED) is 0.403. The highest BCUT2D eigenvalue weighted by Gasteiger charge is 2.42. The Hall–Kier alpha value is -3.41. The maximum atomic E-state index is 15.1. The largest absolute Gasteiger partial charge is 0.391 e. The fourth-order valence-corrected chi connectivity index (χ4v) is 6.57. The molecule has 3 aliphatic rings. The van der Waals surface area contributed by atoms with E-state index in [1.54, 1.807) is 16.0 Å². The molecule has 230 valence electrons. The van der Waals surface area contributed by atoms with Crippen molar-refractivity contribution in [2.24, 2.45) is 11.8 Å². The van der Waals surface area contributed by atoms with Crippen LogP contribution in [0.15, 0.2) is 54.7 Å². The van der Waals surface area contributed by atoms with Gasteiger partial charge in [0, 0.05) is 70.2 Å². The van der Waals surface area contributed by atoms with Gasteiger partial charge in [-0.05, 0) is 48.9 Å². The SMILES string of the molecule is O=C(N1CC[C@H](O)C1)N(C[C@@H]1CNC[C@@H]1F)C(c1nc(-c2cc(F)ccc2F)cn1Cc1ccccc1)C1CCOCC1. The number of alkyl halides is 1. The minimum atomic E-state index is -1.11. The van der Waals surface area contributed by atoms with E-state index in [4.69, 9.17) is 9.72 Å². The van der Waals surface area contributed by atoms with Crippen LogP contribution >= 0.6 is 0 Å². The second kappa shape index (κ2) is 13.1. The lowest BCUT2D eigenvalue weighted by atomic mass is 9.89. The Balaban J connectivity index is 1.48. The molecular formula is C32H38F3N5O3. The molecule has 2 amide bonds. The average Bonchev–Trinajstić information content (AvgIpc) is 3.75. The molecule has 3 fully saturated rings. The molecule has 0 bridgehead atoms. The van der Waals surface area contributed by atoms with Crippen molar-refractivity contribution < 1.29 is 27.8 Å². The number of amides is 2. The summed E-state index contributed by atoms with van der Waals surface area (Å²) in [6.07, 6.45) is 1.77. The molecule has 43 heavy (non-hydrogen) atoms. The number of carbonyl (C=O) groups excluding carboxylic acids is 1. The van der Waals surface area contributed by atoms with E-state index in [1.807, 2.05) is 34.9 Å². The second-order valence-corrected chi connectivity index (χ2v) is 11.9. The number of nitrogens with zero attached hydrogens (tertiary/aromatic N) is 4. The Labute approximate surface area is 249 Å². The molecule has 0 radical (unpaired) electrons. The van der Waals surface area contributed by atoms with Crippen LogP contribution in [0, 0.1) is 23.5 Å². The standard InChI is InChI=1S/C32H38F3N5O3/c33-24-6-7-27(34)26(14-24)29-20-39(17-21-4-2-1-3-5-21)31(37-29)30(22-9-12-43-13-10-22)40(18-23-15-36-16-28(23)35)32(42)38-11-8-25(41)19-38/h1-7,14,20,22-23,25,28,30,36,41H,8-13,15-19H2/t23-,25-,28-,30?/m0/s1. The molecule has 0 aliphatic carbocycles. The van der Waals surface area contributed by atoms with Gasteiger partial charge < -0.3 is 29.5 Å². The first-order valence-corrected chi connectivity index (χ1v) is 15.1. The summed E-state index contributed by atoms with van der Waals surface area (Å²) in [7, 11) is 0. The molecule has 1 unspecified atom stereocenters. The summed E-state index contributed by atoms with van der Waals surface area (Å²) in [5.41, 5.74) is 1.26. The predicted molar refractivity (Wildman–Crippen MR) is 155 cm³/mol. The lowest BCUT2D eigenvalue weighted by Gasteiger charge is -2.41. The minimum absolute atomic E-state index is 0.0307. The highest BCUT2D eigenvalue weighted by atomic mass is 19.1. The molecule has 3 saturated heterocycles. The third kappa shape index (κ3) is 6.58. The van der Waals surface area contributed by atoms with Gasteiger partial charge in [-0.1, -0.05) is 30.3 Å². The number of benzene rings is 2. The summed E-state index contributed by atoms with van der Waals surface area (Å²) in [6, 6.07) is 12.1. The van der Waals surface area contributed by atoms with Crippen LogP contribution in [0.2, 0.25) is 0 Å². The van der Waals surface area contributed by atoms with E-state index < -0.39 is 35.9 Å². The molecule has 11 heteroatoms. The number of rotatable bonds is 8. The first-order chi connectivity index (χ1) is 20.9. The van der Waals surface area contributed by atoms with E-state index in [9.17, 15) is 14.3 Å². The highest BCUT2D eigenvalue weighted by molar-refractivity contribution is 5.75. The Morgan fingerprint density at radius 2 is 1.91 bits per heavy atom. The average molecular weight is 598 g/mol. The molecule has 0 spiro atoms. The fraction of sp³-hybridized carbons (Fsp3) is 0.500. The molecule has 8 nitrogen and oxygen atoms in total. The van der Waals surface area contributed by atoms with E-state index >= 15 is 8.78 Å². The molecule has 4 atom stereocenters. The highest BCUT2D eigenvalue weighted by Crippen LogP contribution is 2.39. The van der Waals surface area contributed by atoms with Gasteiger partial charge in [0.2, 0.25) is 0 Å². The number of ether oxygens (including phenoxy) is 1. The molecule has 1 aromatic heterocycles. The molecular weight excluding hydrogens is 559 g/mol. The molecule has 2 aromatic carbocycles. The van der Waals surface area contributed by atoms with Crippen molar-refractivity contribution in [3.8, 4) is 11.3 Å². The first-order valence-electron chi connectivity index (χ1n) is 15.1. The number of imidazole rings is 1. The summed E-state index contributed by atoms with van der Waals surface area (Å²) < 4.78 is 52.0. The smallest absolute Gasteiger partial charge is 0.320 e. The van der Waals surface area contributed by atoms with Crippen LogP contribution in [-0.2, 0) is 11.3 Å². The third-order valence-electron chi connectivity index (χ3n) is 8.89. The van der Waals surface area contributed by atoms with E-state index in [1.165, 1.54) is 0 Å². The Morgan fingerprint density at radius 3 is 2.60 bits per heavy atom. The van der Waals surface area contributed by atoms with Gasteiger partial charge in [0.05, 0.1) is 17.8 Å². The van der Waals surface area contributed by atoms with E-state index in [0.717, 1.165) is 23.8 Å².